The molecule has 3 N–H and O–H groups in total. The average Bonchev–Trinajstić information content (AvgIpc) is 2.82. The highest BCUT2D eigenvalue weighted by molar-refractivity contribution is 6.74. The average molecular weight is 506 g/mol. The zero-order valence-electron chi connectivity index (χ0n) is 21.6. The SMILES string of the molecule is CC(C)(C)[Si](C)(C)OCc1ccc(NC(=O)CCc2ccc(-c3ccccc3)c(NC(=O)O)c2)nc1. The van der Waals surface area contributed by atoms with E-state index < -0.39 is 14.4 Å². The first-order chi connectivity index (χ1) is 16.9. The van der Waals surface area contributed by atoms with Crippen LogP contribution in [0.1, 0.15) is 38.3 Å². The van der Waals surface area contributed by atoms with Gasteiger partial charge in [0.25, 0.3) is 0 Å². The zero-order chi connectivity index (χ0) is 26.3. The summed E-state index contributed by atoms with van der Waals surface area (Å²) in [4.78, 5) is 28.2. The van der Waals surface area contributed by atoms with Crippen LogP contribution < -0.4 is 10.6 Å². The van der Waals surface area contributed by atoms with Gasteiger partial charge >= 0.3 is 6.09 Å². The Morgan fingerprint density at radius 3 is 2.28 bits per heavy atom. The molecule has 0 bridgehead atoms. The maximum atomic E-state index is 12.5. The second-order valence-electron chi connectivity index (χ2n) is 10.3. The van der Waals surface area contributed by atoms with Gasteiger partial charge in [0.2, 0.25) is 5.91 Å². The predicted molar refractivity (Wildman–Crippen MR) is 147 cm³/mol. The molecular weight excluding hydrogens is 470 g/mol. The van der Waals surface area contributed by atoms with E-state index in [0.717, 1.165) is 22.3 Å². The summed E-state index contributed by atoms with van der Waals surface area (Å²) in [7, 11) is -1.84. The van der Waals surface area contributed by atoms with Gasteiger partial charge in [-0.2, -0.15) is 0 Å². The Morgan fingerprint density at radius 1 is 0.972 bits per heavy atom. The Balaban J connectivity index is 1.57. The Morgan fingerprint density at radius 2 is 1.67 bits per heavy atom. The van der Waals surface area contributed by atoms with Crippen LogP contribution in [0.25, 0.3) is 11.1 Å². The van der Waals surface area contributed by atoms with Crippen LogP contribution in [0.5, 0.6) is 0 Å². The topological polar surface area (TPSA) is 101 Å². The molecule has 0 fully saturated rings. The van der Waals surface area contributed by atoms with Crippen molar-refractivity contribution in [3.05, 3.63) is 78.0 Å². The van der Waals surface area contributed by atoms with Crippen molar-refractivity contribution >= 4 is 31.8 Å². The van der Waals surface area contributed by atoms with Gasteiger partial charge in [-0.15, -0.1) is 0 Å². The number of carbonyl (C=O) groups excluding carboxylic acids is 1. The second kappa shape index (κ2) is 11.5. The van der Waals surface area contributed by atoms with Gasteiger partial charge in [-0.1, -0.05) is 69.3 Å². The number of pyridine rings is 1. The molecule has 190 valence electrons. The second-order valence-corrected chi connectivity index (χ2v) is 15.1. The lowest BCUT2D eigenvalue weighted by Gasteiger charge is -2.36. The summed E-state index contributed by atoms with van der Waals surface area (Å²) in [6.45, 7) is 11.5. The van der Waals surface area contributed by atoms with Crippen molar-refractivity contribution < 1.29 is 19.1 Å². The number of carboxylic acid groups (broad SMARTS) is 1. The van der Waals surface area contributed by atoms with Crippen molar-refractivity contribution in [2.45, 2.75) is 58.4 Å². The molecule has 2 amide bonds. The number of hydrogen-bond acceptors (Lipinski definition) is 4. The van der Waals surface area contributed by atoms with Gasteiger partial charge in [-0.05, 0) is 53.4 Å². The molecule has 0 aliphatic carbocycles. The minimum atomic E-state index is -1.84. The summed E-state index contributed by atoms with van der Waals surface area (Å²) in [5.74, 6) is 0.330. The predicted octanol–water partition coefficient (Wildman–Crippen LogP) is 6.93. The van der Waals surface area contributed by atoms with Gasteiger partial charge in [-0.25, -0.2) is 9.78 Å². The number of aryl methyl sites for hydroxylation is 1. The fourth-order valence-corrected chi connectivity index (χ4v) is 4.32. The number of nitrogens with one attached hydrogen (secondary N) is 2. The first-order valence-corrected chi connectivity index (χ1v) is 14.9. The number of nitrogens with zero attached hydrogens (tertiary/aromatic N) is 1. The van der Waals surface area contributed by atoms with E-state index in [1.54, 1.807) is 18.3 Å². The summed E-state index contributed by atoms with van der Waals surface area (Å²) in [5, 5.41) is 14.7. The molecule has 7 nitrogen and oxygen atoms in total. The summed E-state index contributed by atoms with van der Waals surface area (Å²) < 4.78 is 6.23. The number of rotatable bonds is 9. The molecule has 0 saturated heterocycles. The monoisotopic (exact) mass is 505 g/mol. The Labute approximate surface area is 214 Å². The van der Waals surface area contributed by atoms with Gasteiger partial charge in [0.05, 0.1) is 12.3 Å². The van der Waals surface area contributed by atoms with E-state index in [4.69, 9.17) is 4.43 Å². The van der Waals surface area contributed by atoms with Crippen LogP contribution in [0.3, 0.4) is 0 Å². The largest absolute Gasteiger partial charge is 0.465 e. The lowest BCUT2D eigenvalue weighted by Crippen LogP contribution is -2.40. The minimum Gasteiger partial charge on any atom is -0.465 e. The van der Waals surface area contributed by atoms with Crippen molar-refractivity contribution in [2.75, 3.05) is 10.6 Å². The van der Waals surface area contributed by atoms with Crippen LogP contribution in [-0.4, -0.2) is 30.4 Å². The lowest BCUT2D eigenvalue weighted by atomic mass is 9.99. The molecule has 0 atom stereocenters. The maximum Gasteiger partial charge on any atom is 0.409 e. The van der Waals surface area contributed by atoms with E-state index in [-0.39, 0.29) is 17.4 Å². The van der Waals surface area contributed by atoms with Crippen LogP contribution in [0.2, 0.25) is 18.1 Å². The van der Waals surface area contributed by atoms with Gasteiger partial charge in [0.15, 0.2) is 8.32 Å². The van der Waals surface area contributed by atoms with E-state index in [0.29, 0.717) is 24.5 Å². The molecule has 0 unspecified atom stereocenters. The first-order valence-electron chi connectivity index (χ1n) is 12.0. The molecule has 8 heteroatoms. The van der Waals surface area contributed by atoms with Crippen molar-refractivity contribution in [3.63, 3.8) is 0 Å². The molecule has 0 radical (unpaired) electrons. The number of aromatic nitrogens is 1. The number of anilines is 2. The van der Waals surface area contributed by atoms with E-state index in [1.807, 2.05) is 48.5 Å². The zero-order valence-corrected chi connectivity index (χ0v) is 22.6. The molecule has 1 aromatic heterocycles. The molecule has 3 aromatic rings. The minimum absolute atomic E-state index is 0.140. The molecule has 3 rings (SSSR count). The molecule has 2 aromatic carbocycles. The molecule has 0 saturated carbocycles. The van der Waals surface area contributed by atoms with Gasteiger partial charge < -0.3 is 14.8 Å². The Hall–Kier alpha value is -3.49. The third-order valence-corrected chi connectivity index (χ3v) is 11.0. The molecule has 0 spiro atoms. The molecule has 0 aliphatic rings. The fraction of sp³-hybridized carbons (Fsp3) is 0.321. The van der Waals surface area contributed by atoms with Crippen molar-refractivity contribution in [2.24, 2.45) is 0 Å². The summed E-state index contributed by atoms with van der Waals surface area (Å²) in [5.41, 5.74) is 4.01. The van der Waals surface area contributed by atoms with E-state index >= 15 is 0 Å². The van der Waals surface area contributed by atoms with Crippen LogP contribution in [-0.2, 0) is 22.2 Å². The molecule has 1 heterocycles. The normalized spacial score (nSPS) is 11.7. The van der Waals surface area contributed by atoms with Crippen LogP contribution in [0.15, 0.2) is 66.9 Å². The Bertz CT molecular complexity index is 1190. The van der Waals surface area contributed by atoms with Crippen LogP contribution in [0.4, 0.5) is 16.3 Å². The maximum absolute atomic E-state index is 12.5. The lowest BCUT2D eigenvalue weighted by molar-refractivity contribution is -0.116. The Kier molecular flexibility index (Phi) is 8.65. The molecular formula is C28H35N3O4Si. The summed E-state index contributed by atoms with van der Waals surface area (Å²) in [6, 6.07) is 18.8. The fourth-order valence-electron chi connectivity index (χ4n) is 3.36. The van der Waals surface area contributed by atoms with Gasteiger partial charge in [-0.3, -0.25) is 10.1 Å². The van der Waals surface area contributed by atoms with Gasteiger partial charge in [0.1, 0.15) is 5.82 Å². The number of hydrogen-bond donors (Lipinski definition) is 3. The third kappa shape index (κ3) is 7.50. The highest BCUT2D eigenvalue weighted by Gasteiger charge is 2.37. The van der Waals surface area contributed by atoms with Crippen molar-refractivity contribution in [1.29, 1.82) is 0 Å². The van der Waals surface area contributed by atoms with Crippen molar-refractivity contribution in [1.82, 2.24) is 4.98 Å². The standard InChI is InChI=1S/C28H35N3O4Si/c1-28(2,3)36(4,5)35-19-21-12-15-25(29-18-21)31-26(32)16-13-20-11-14-23(22-9-7-6-8-10-22)24(17-20)30-27(33)34/h6-12,14-15,17-18,30H,13,16,19H2,1-5H3,(H,33,34)(H,29,31,32). The van der Waals surface area contributed by atoms with Gasteiger partial charge in [0, 0.05) is 18.2 Å². The van der Waals surface area contributed by atoms with Crippen molar-refractivity contribution in [3.8, 4) is 11.1 Å². The highest BCUT2D eigenvalue weighted by atomic mass is 28.4. The first kappa shape index (κ1) is 27.1. The van der Waals surface area contributed by atoms with Crippen LogP contribution in [0, 0.1) is 0 Å². The summed E-state index contributed by atoms with van der Waals surface area (Å²) >= 11 is 0. The highest BCUT2D eigenvalue weighted by Crippen LogP contribution is 2.37. The summed E-state index contributed by atoms with van der Waals surface area (Å²) in [6.07, 6.45) is 1.31. The van der Waals surface area contributed by atoms with Crippen LogP contribution >= 0.6 is 0 Å². The van der Waals surface area contributed by atoms with E-state index in [1.165, 1.54) is 0 Å². The van der Waals surface area contributed by atoms with E-state index in [2.05, 4.69) is 49.5 Å². The molecule has 36 heavy (non-hydrogen) atoms. The third-order valence-electron chi connectivity index (χ3n) is 6.55. The number of benzene rings is 2. The van der Waals surface area contributed by atoms with E-state index in [9.17, 15) is 14.7 Å². The quantitative estimate of drug-likeness (QED) is 0.274. The number of amides is 2. The number of carbonyl (C=O) groups is 2. The molecule has 0 aliphatic heterocycles. The smallest absolute Gasteiger partial charge is 0.409 e.